The van der Waals surface area contributed by atoms with E-state index in [2.05, 4.69) is 28.5 Å². The first-order chi connectivity index (χ1) is 8.74. The topological polar surface area (TPSA) is 32.5 Å². The van der Waals surface area contributed by atoms with E-state index in [0.717, 1.165) is 31.7 Å². The molecule has 1 aliphatic heterocycles. The molecule has 1 aromatic carbocycles. The van der Waals surface area contributed by atoms with Gasteiger partial charge in [-0.05, 0) is 43.4 Å². The van der Waals surface area contributed by atoms with Gasteiger partial charge in [0.1, 0.15) is 0 Å². The molecule has 2 rings (SSSR count). The van der Waals surface area contributed by atoms with E-state index in [1.807, 2.05) is 31.5 Å². The molecule has 1 aromatic rings. The van der Waals surface area contributed by atoms with Gasteiger partial charge in [0.15, 0.2) is 0 Å². The predicted molar refractivity (Wildman–Crippen MR) is 78.5 cm³/mol. The summed E-state index contributed by atoms with van der Waals surface area (Å²) < 4.78 is 0. The standard InChI is InChI=1S/C15H21N3/c1-3-8-17(4-2)10-11-18-9-7-13-5-6-14(16)12-15(13)18/h3-6,8,12H,2,7,9-11,16H2,1H3/b8-3-. The Morgan fingerprint density at radius 1 is 1.50 bits per heavy atom. The van der Waals surface area contributed by atoms with E-state index < -0.39 is 0 Å². The molecule has 0 spiro atoms. The molecule has 0 amide bonds. The summed E-state index contributed by atoms with van der Waals surface area (Å²) in [6, 6.07) is 6.20. The highest BCUT2D eigenvalue weighted by molar-refractivity contribution is 5.64. The molecule has 0 fully saturated rings. The van der Waals surface area contributed by atoms with Crippen molar-refractivity contribution in [3.05, 3.63) is 48.8 Å². The minimum absolute atomic E-state index is 0.842. The molecule has 0 unspecified atom stereocenters. The number of nitrogen functional groups attached to an aromatic ring is 1. The quantitative estimate of drug-likeness (QED) is 0.807. The van der Waals surface area contributed by atoms with Gasteiger partial charge in [-0.1, -0.05) is 18.7 Å². The number of hydrogen-bond donors (Lipinski definition) is 1. The third kappa shape index (κ3) is 2.67. The molecule has 0 aliphatic carbocycles. The van der Waals surface area contributed by atoms with Crippen molar-refractivity contribution in [2.24, 2.45) is 0 Å². The molecule has 1 heterocycles. The highest BCUT2D eigenvalue weighted by atomic mass is 15.2. The van der Waals surface area contributed by atoms with Gasteiger partial charge in [-0.3, -0.25) is 0 Å². The fourth-order valence-electron chi connectivity index (χ4n) is 2.35. The molecule has 18 heavy (non-hydrogen) atoms. The van der Waals surface area contributed by atoms with Gasteiger partial charge in [-0.2, -0.15) is 0 Å². The van der Waals surface area contributed by atoms with Crippen molar-refractivity contribution in [3.63, 3.8) is 0 Å². The van der Waals surface area contributed by atoms with Crippen LogP contribution in [0.25, 0.3) is 0 Å². The van der Waals surface area contributed by atoms with E-state index in [4.69, 9.17) is 5.73 Å². The Balaban J connectivity index is 2.01. The first-order valence-electron chi connectivity index (χ1n) is 6.39. The Kier molecular flexibility index (Phi) is 3.92. The Morgan fingerprint density at radius 2 is 2.33 bits per heavy atom. The van der Waals surface area contributed by atoms with E-state index in [9.17, 15) is 0 Å². The van der Waals surface area contributed by atoms with Gasteiger partial charge in [0.05, 0.1) is 0 Å². The molecular formula is C15H21N3. The average Bonchev–Trinajstić information content (AvgIpc) is 2.77. The van der Waals surface area contributed by atoms with Crippen LogP contribution < -0.4 is 10.6 Å². The second-order valence-electron chi connectivity index (χ2n) is 4.53. The lowest BCUT2D eigenvalue weighted by atomic mass is 10.1. The monoisotopic (exact) mass is 243 g/mol. The number of hydrogen-bond acceptors (Lipinski definition) is 3. The second-order valence-corrected chi connectivity index (χ2v) is 4.53. The van der Waals surface area contributed by atoms with Crippen molar-refractivity contribution in [3.8, 4) is 0 Å². The number of benzene rings is 1. The van der Waals surface area contributed by atoms with Crippen LogP contribution >= 0.6 is 0 Å². The normalized spacial score (nSPS) is 13.9. The predicted octanol–water partition coefficient (Wildman–Crippen LogP) is 2.61. The first kappa shape index (κ1) is 12.6. The Labute approximate surface area is 109 Å². The van der Waals surface area contributed by atoms with Crippen LogP contribution in [-0.2, 0) is 6.42 Å². The van der Waals surface area contributed by atoms with E-state index in [-0.39, 0.29) is 0 Å². The second kappa shape index (κ2) is 5.63. The fraction of sp³-hybridized carbons (Fsp3) is 0.333. The van der Waals surface area contributed by atoms with Crippen molar-refractivity contribution in [1.82, 2.24) is 4.90 Å². The zero-order valence-corrected chi connectivity index (χ0v) is 11.0. The molecule has 3 heteroatoms. The van der Waals surface area contributed by atoms with E-state index in [1.54, 1.807) is 0 Å². The van der Waals surface area contributed by atoms with Gasteiger partial charge in [0.2, 0.25) is 0 Å². The molecule has 0 aromatic heterocycles. The van der Waals surface area contributed by atoms with Gasteiger partial charge >= 0.3 is 0 Å². The molecule has 0 saturated heterocycles. The van der Waals surface area contributed by atoms with Crippen LogP contribution in [0.4, 0.5) is 11.4 Å². The van der Waals surface area contributed by atoms with Crippen molar-refractivity contribution in [1.29, 1.82) is 0 Å². The van der Waals surface area contributed by atoms with E-state index in [1.165, 1.54) is 11.3 Å². The summed E-state index contributed by atoms with van der Waals surface area (Å²) in [4.78, 5) is 4.50. The van der Waals surface area contributed by atoms with Crippen molar-refractivity contribution >= 4 is 11.4 Å². The lowest BCUT2D eigenvalue weighted by Crippen LogP contribution is -2.29. The van der Waals surface area contributed by atoms with Crippen LogP contribution in [0.1, 0.15) is 12.5 Å². The number of anilines is 2. The summed E-state index contributed by atoms with van der Waals surface area (Å²) in [5.74, 6) is 0. The van der Waals surface area contributed by atoms with E-state index in [0.29, 0.717) is 0 Å². The minimum Gasteiger partial charge on any atom is -0.399 e. The number of nitrogens with zero attached hydrogens (tertiary/aromatic N) is 2. The molecule has 0 radical (unpaired) electrons. The smallest absolute Gasteiger partial charge is 0.0420 e. The summed E-state index contributed by atoms with van der Waals surface area (Å²) in [6.45, 7) is 8.86. The van der Waals surface area contributed by atoms with Crippen molar-refractivity contribution in [2.45, 2.75) is 13.3 Å². The van der Waals surface area contributed by atoms with Crippen molar-refractivity contribution in [2.75, 3.05) is 30.3 Å². The zero-order valence-electron chi connectivity index (χ0n) is 11.0. The molecule has 0 bridgehead atoms. The minimum atomic E-state index is 0.842. The van der Waals surface area contributed by atoms with Gasteiger partial charge in [-0.25, -0.2) is 0 Å². The van der Waals surface area contributed by atoms with Crippen LogP contribution in [0.5, 0.6) is 0 Å². The Bertz CT molecular complexity index is 451. The maximum absolute atomic E-state index is 5.86. The van der Waals surface area contributed by atoms with Gasteiger partial charge < -0.3 is 15.5 Å². The summed E-state index contributed by atoms with van der Waals surface area (Å²) in [5.41, 5.74) is 9.40. The molecular weight excluding hydrogens is 222 g/mol. The maximum atomic E-state index is 5.86. The highest BCUT2D eigenvalue weighted by Crippen LogP contribution is 2.29. The van der Waals surface area contributed by atoms with Crippen LogP contribution in [0.3, 0.4) is 0 Å². The van der Waals surface area contributed by atoms with E-state index >= 15 is 0 Å². The van der Waals surface area contributed by atoms with Crippen LogP contribution in [-0.4, -0.2) is 24.5 Å². The number of rotatable bonds is 5. The molecule has 0 atom stereocenters. The third-order valence-corrected chi connectivity index (χ3v) is 3.30. The Morgan fingerprint density at radius 3 is 3.06 bits per heavy atom. The lowest BCUT2D eigenvalue weighted by Gasteiger charge is -2.23. The van der Waals surface area contributed by atoms with Crippen LogP contribution in [0.2, 0.25) is 0 Å². The number of allylic oxidation sites excluding steroid dienone is 1. The molecule has 0 saturated carbocycles. The average molecular weight is 243 g/mol. The summed E-state index contributed by atoms with van der Waals surface area (Å²) in [7, 11) is 0. The molecule has 2 N–H and O–H groups in total. The largest absolute Gasteiger partial charge is 0.399 e. The molecule has 96 valence electrons. The van der Waals surface area contributed by atoms with Crippen molar-refractivity contribution < 1.29 is 0 Å². The van der Waals surface area contributed by atoms with Gasteiger partial charge in [-0.15, -0.1) is 0 Å². The van der Waals surface area contributed by atoms with Gasteiger partial charge in [0.25, 0.3) is 0 Å². The SMILES string of the molecule is C=CN(/C=C\C)CCN1CCc2ccc(N)cc21. The Hall–Kier alpha value is -1.90. The number of nitrogens with two attached hydrogens (primary N) is 1. The first-order valence-corrected chi connectivity index (χ1v) is 6.39. The van der Waals surface area contributed by atoms with Crippen LogP contribution in [0.15, 0.2) is 43.3 Å². The fourth-order valence-corrected chi connectivity index (χ4v) is 2.35. The highest BCUT2D eigenvalue weighted by Gasteiger charge is 2.18. The number of fused-ring (bicyclic) bond motifs is 1. The zero-order chi connectivity index (χ0) is 13.0. The molecule has 1 aliphatic rings. The summed E-state index contributed by atoms with van der Waals surface area (Å²) in [6.07, 6.45) is 7.05. The maximum Gasteiger partial charge on any atom is 0.0420 e. The summed E-state index contributed by atoms with van der Waals surface area (Å²) >= 11 is 0. The van der Waals surface area contributed by atoms with Crippen LogP contribution in [0, 0.1) is 0 Å². The summed E-state index contributed by atoms with van der Waals surface area (Å²) in [5, 5.41) is 0. The third-order valence-electron chi connectivity index (χ3n) is 3.30. The van der Waals surface area contributed by atoms with Gasteiger partial charge in [0, 0.05) is 31.0 Å². The lowest BCUT2D eigenvalue weighted by molar-refractivity contribution is 0.507. The molecule has 3 nitrogen and oxygen atoms in total.